The van der Waals surface area contributed by atoms with Crippen molar-refractivity contribution in [3.63, 3.8) is 0 Å². The van der Waals surface area contributed by atoms with Crippen molar-refractivity contribution in [3.8, 4) is 0 Å². The average molecular weight is 433 g/mol. The van der Waals surface area contributed by atoms with Gasteiger partial charge in [-0.05, 0) is 23.8 Å². The lowest BCUT2D eigenvalue weighted by molar-refractivity contribution is -0.117. The van der Waals surface area contributed by atoms with Crippen LogP contribution >= 0.6 is 36.4 Å². The average Bonchev–Trinajstić information content (AvgIpc) is 2.63. The molecule has 5 nitrogen and oxygen atoms in total. The van der Waals surface area contributed by atoms with E-state index in [0.29, 0.717) is 36.9 Å². The van der Waals surface area contributed by atoms with Gasteiger partial charge in [0, 0.05) is 31.2 Å². The van der Waals surface area contributed by atoms with E-state index in [1.165, 1.54) is 5.56 Å². The van der Waals surface area contributed by atoms with E-state index in [2.05, 4.69) is 28.1 Å². The Hall–Kier alpha value is -1.50. The van der Waals surface area contributed by atoms with Crippen LogP contribution in [0.1, 0.15) is 12.0 Å². The van der Waals surface area contributed by atoms with Gasteiger partial charge in [-0.25, -0.2) is 0 Å². The van der Waals surface area contributed by atoms with Gasteiger partial charge in [0.1, 0.15) is 0 Å². The Kier molecular flexibility index (Phi) is 10.5. The van der Waals surface area contributed by atoms with Crippen molar-refractivity contribution in [1.82, 2.24) is 5.32 Å². The lowest BCUT2D eigenvalue weighted by Crippen LogP contribution is -2.43. The molecule has 1 heterocycles. The second kappa shape index (κ2) is 12.1. The molecule has 1 atom stereocenters. The summed E-state index contributed by atoms with van der Waals surface area (Å²) in [5.41, 5.74) is 2.71. The van der Waals surface area contributed by atoms with E-state index in [1.807, 2.05) is 30.3 Å². The lowest BCUT2D eigenvalue weighted by atomic mass is 10.2. The number of carbonyl (C=O) groups is 1. The van der Waals surface area contributed by atoms with Gasteiger partial charge in [-0.2, -0.15) is 0 Å². The SMILES string of the molecule is Cl.Cl.O=C(CC1COCCN1)Nc1ccc(NCc2ccccc2)c(Cl)c1. The van der Waals surface area contributed by atoms with Gasteiger partial charge in [0.15, 0.2) is 0 Å². The molecule has 1 saturated heterocycles. The van der Waals surface area contributed by atoms with Crippen LogP contribution in [-0.4, -0.2) is 31.7 Å². The van der Waals surface area contributed by atoms with Gasteiger partial charge in [0.05, 0.1) is 23.9 Å². The van der Waals surface area contributed by atoms with Crippen LogP contribution in [0.4, 0.5) is 11.4 Å². The Labute approximate surface area is 177 Å². The van der Waals surface area contributed by atoms with Gasteiger partial charge in [-0.3, -0.25) is 4.79 Å². The minimum atomic E-state index is -0.0518. The van der Waals surface area contributed by atoms with Crippen molar-refractivity contribution < 1.29 is 9.53 Å². The Morgan fingerprint density at radius 3 is 2.63 bits per heavy atom. The second-order valence-corrected chi connectivity index (χ2v) is 6.42. The fourth-order valence-corrected chi connectivity index (χ4v) is 2.96. The minimum absolute atomic E-state index is 0. The summed E-state index contributed by atoms with van der Waals surface area (Å²) in [6, 6.07) is 15.7. The molecule has 8 heteroatoms. The first-order valence-corrected chi connectivity index (χ1v) is 8.77. The first kappa shape index (κ1) is 23.5. The zero-order valence-corrected chi connectivity index (χ0v) is 17.1. The highest BCUT2D eigenvalue weighted by Gasteiger charge is 2.17. The number of halogens is 3. The maximum Gasteiger partial charge on any atom is 0.226 e. The molecule has 27 heavy (non-hydrogen) atoms. The predicted molar refractivity (Wildman–Crippen MR) is 116 cm³/mol. The van der Waals surface area contributed by atoms with Gasteiger partial charge in [-0.1, -0.05) is 41.9 Å². The summed E-state index contributed by atoms with van der Waals surface area (Å²) in [6.45, 7) is 2.74. The van der Waals surface area contributed by atoms with E-state index >= 15 is 0 Å². The zero-order valence-electron chi connectivity index (χ0n) is 14.7. The first-order chi connectivity index (χ1) is 12.2. The molecule has 0 aromatic heterocycles. The molecule has 1 amide bonds. The summed E-state index contributed by atoms with van der Waals surface area (Å²) < 4.78 is 5.36. The van der Waals surface area contributed by atoms with Gasteiger partial charge < -0.3 is 20.7 Å². The molecule has 3 N–H and O–H groups in total. The molecule has 1 unspecified atom stereocenters. The van der Waals surface area contributed by atoms with E-state index in [9.17, 15) is 4.79 Å². The van der Waals surface area contributed by atoms with Crippen molar-refractivity contribution in [2.75, 3.05) is 30.4 Å². The number of rotatable bonds is 6. The summed E-state index contributed by atoms with van der Waals surface area (Å²) in [5, 5.41) is 10.0. The van der Waals surface area contributed by atoms with Crippen molar-refractivity contribution in [2.24, 2.45) is 0 Å². The van der Waals surface area contributed by atoms with E-state index in [-0.39, 0.29) is 36.8 Å². The number of amides is 1. The number of carbonyl (C=O) groups excluding carboxylic acids is 1. The van der Waals surface area contributed by atoms with Crippen LogP contribution in [0.25, 0.3) is 0 Å². The molecule has 2 aromatic carbocycles. The number of morpholine rings is 1. The Morgan fingerprint density at radius 1 is 1.19 bits per heavy atom. The molecule has 0 bridgehead atoms. The van der Waals surface area contributed by atoms with E-state index in [4.69, 9.17) is 16.3 Å². The van der Waals surface area contributed by atoms with E-state index in [1.54, 1.807) is 6.07 Å². The normalized spacial score (nSPS) is 15.8. The summed E-state index contributed by atoms with van der Waals surface area (Å²) in [5.74, 6) is -0.0518. The smallest absolute Gasteiger partial charge is 0.226 e. The van der Waals surface area contributed by atoms with Gasteiger partial charge >= 0.3 is 0 Å². The highest BCUT2D eigenvalue weighted by molar-refractivity contribution is 6.33. The van der Waals surface area contributed by atoms with Gasteiger partial charge in [0.2, 0.25) is 5.91 Å². The second-order valence-electron chi connectivity index (χ2n) is 6.01. The highest BCUT2D eigenvalue weighted by Crippen LogP contribution is 2.26. The van der Waals surface area contributed by atoms with Crippen molar-refractivity contribution >= 4 is 53.7 Å². The maximum atomic E-state index is 12.1. The molecular formula is C19H24Cl3N3O2. The summed E-state index contributed by atoms with van der Waals surface area (Å²) in [7, 11) is 0. The van der Waals surface area contributed by atoms with Crippen LogP contribution in [-0.2, 0) is 16.1 Å². The monoisotopic (exact) mass is 431 g/mol. The highest BCUT2D eigenvalue weighted by atomic mass is 35.5. The molecule has 0 saturated carbocycles. The quantitative estimate of drug-likeness (QED) is 0.643. The van der Waals surface area contributed by atoms with Gasteiger partial charge in [-0.15, -0.1) is 24.8 Å². The van der Waals surface area contributed by atoms with Crippen LogP contribution in [0.2, 0.25) is 5.02 Å². The summed E-state index contributed by atoms with van der Waals surface area (Å²) >= 11 is 6.32. The minimum Gasteiger partial charge on any atom is -0.380 e. The standard InChI is InChI=1S/C19H22ClN3O2.2ClH/c20-17-10-15(23-19(24)11-16-13-25-9-8-21-16)6-7-18(17)22-12-14-4-2-1-3-5-14;;/h1-7,10,16,21-22H,8-9,11-13H2,(H,23,24);2*1H. The number of hydrogen-bond donors (Lipinski definition) is 3. The topological polar surface area (TPSA) is 62.4 Å². The fraction of sp³-hybridized carbons (Fsp3) is 0.316. The largest absolute Gasteiger partial charge is 0.380 e. The fourth-order valence-electron chi connectivity index (χ4n) is 2.72. The van der Waals surface area contributed by atoms with Gasteiger partial charge in [0.25, 0.3) is 0 Å². The predicted octanol–water partition coefficient (Wildman–Crippen LogP) is 4.11. The van der Waals surface area contributed by atoms with Crippen molar-refractivity contribution in [2.45, 2.75) is 19.0 Å². The van der Waals surface area contributed by atoms with E-state index in [0.717, 1.165) is 12.2 Å². The first-order valence-electron chi connectivity index (χ1n) is 8.39. The maximum absolute atomic E-state index is 12.1. The number of benzene rings is 2. The number of nitrogens with one attached hydrogen (secondary N) is 3. The zero-order chi connectivity index (χ0) is 17.5. The van der Waals surface area contributed by atoms with E-state index < -0.39 is 0 Å². The number of hydrogen-bond acceptors (Lipinski definition) is 4. The Balaban J connectivity index is 0.00000182. The van der Waals surface area contributed by atoms with Crippen LogP contribution in [0.3, 0.4) is 0 Å². The molecule has 0 aliphatic carbocycles. The molecule has 2 aromatic rings. The third-order valence-electron chi connectivity index (χ3n) is 4.01. The molecular weight excluding hydrogens is 409 g/mol. The van der Waals surface area contributed by atoms with Crippen LogP contribution in [0.5, 0.6) is 0 Å². The molecule has 1 fully saturated rings. The molecule has 1 aliphatic rings. The van der Waals surface area contributed by atoms with Crippen LogP contribution in [0.15, 0.2) is 48.5 Å². The Bertz CT molecular complexity index is 711. The molecule has 0 radical (unpaired) electrons. The molecule has 0 spiro atoms. The molecule has 3 rings (SSSR count). The van der Waals surface area contributed by atoms with Crippen molar-refractivity contribution in [1.29, 1.82) is 0 Å². The number of anilines is 2. The third-order valence-corrected chi connectivity index (χ3v) is 4.32. The number of ether oxygens (including phenoxy) is 1. The summed E-state index contributed by atoms with van der Waals surface area (Å²) in [4.78, 5) is 12.1. The van der Waals surface area contributed by atoms with Crippen LogP contribution in [0, 0.1) is 0 Å². The third kappa shape index (κ3) is 7.56. The Morgan fingerprint density at radius 2 is 1.96 bits per heavy atom. The summed E-state index contributed by atoms with van der Waals surface area (Å²) in [6.07, 6.45) is 0.381. The lowest BCUT2D eigenvalue weighted by Gasteiger charge is -2.23. The molecule has 1 aliphatic heterocycles. The molecule has 148 valence electrons. The van der Waals surface area contributed by atoms with Crippen LogP contribution < -0.4 is 16.0 Å². The van der Waals surface area contributed by atoms with Crippen molar-refractivity contribution in [3.05, 3.63) is 59.1 Å².